The zero-order valence-electron chi connectivity index (χ0n) is 14.1. The summed E-state index contributed by atoms with van der Waals surface area (Å²) in [5.41, 5.74) is 0.782. The van der Waals surface area contributed by atoms with E-state index < -0.39 is 0 Å². The average Bonchev–Trinajstić information content (AvgIpc) is 3.20. The first-order chi connectivity index (χ1) is 12.2. The van der Waals surface area contributed by atoms with Crippen LogP contribution < -0.4 is 10.1 Å². The van der Waals surface area contributed by atoms with Gasteiger partial charge >= 0.3 is 0 Å². The molecule has 25 heavy (non-hydrogen) atoms. The maximum atomic E-state index is 12.4. The molecule has 1 saturated heterocycles. The van der Waals surface area contributed by atoms with Crippen LogP contribution >= 0.6 is 0 Å². The van der Waals surface area contributed by atoms with Crippen LogP contribution in [0.4, 0.5) is 5.69 Å². The van der Waals surface area contributed by atoms with Crippen molar-refractivity contribution in [2.24, 2.45) is 0 Å². The largest absolute Gasteiger partial charge is 0.495 e. The fraction of sp³-hybridized carbons (Fsp3) is 0.333. The predicted octanol–water partition coefficient (Wildman–Crippen LogP) is 1.68. The number of carbonyl (C=O) groups excluding carboxylic acids is 2. The molecule has 2 heterocycles. The smallest absolute Gasteiger partial charge is 0.289 e. The summed E-state index contributed by atoms with van der Waals surface area (Å²) in [5, 5.41) is 3.11. The molecule has 132 valence electrons. The number of hydrogen-bond donors (Lipinski definition) is 1. The second-order valence-corrected chi connectivity index (χ2v) is 5.70. The molecule has 2 aromatic rings. The van der Waals surface area contributed by atoms with Gasteiger partial charge in [-0.05, 0) is 24.3 Å². The van der Waals surface area contributed by atoms with Crippen molar-refractivity contribution >= 4 is 17.5 Å². The SMILES string of the molecule is COc1ccccc1NCC(=O)N1CCN(C(=O)c2ccco2)CC1. The van der Waals surface area contributed by atoms with Crippen LogP contribution in [0, 0.1) is 0 Å². The third-order valence-electron chi connectivity index (χ3n) is 4.19. The van der Waals surface area contributed by atoms with Gasteiger partial charge in [0.05, 0.1) is 25.6 Å². The molecule has 1 aliphatic heterocycles. The molecule has 0 spiro atoms. The van der Waals surface area contributed by atoms with E-state index in [1.807, 2.05) is 24.3 Å². The molecule has 0 bridgehead atoms. The van der Waals surface area contributed by atoms with Crippen molar-refractivity contribution in [3.8, 4) is 5.75 Å². The number of nitrogens with zero attached hydrogens (tertiary/aromatic N) is 2. The molecule has 1 fully saturated rings. The lowest BCUT2D eigenvalue weighted by Gasteiger charge is -2.34. The van der Waals surface area contributed by atoms with E-state index >= 15 is 0 Å². The van der Waals surface area contributed by atoms with Gasteiger partial charge in [-0.1, -0.05) is 12.1 Å². The van der Waals surface area contributed by atoms with Gasteiger partial charge in [-0.15, -0.1) is 0 Å². The van der Waals surface area contributed by atoms with Crippen molar-refractivity contribution < 1.29 is 18.7 Å². The number of anilines is 1. The molecule has 0 atom stereocenters. The van der Waals surface area contributed by atoms with Gasteiger partial charge in [-0.25, -0.2) is 0 Å². The number of rotatable bonds is 5. The van der Waals surface area contributed by atoms with Gasteiger partial charge in [0, 0.05) is 26.2 Å². The molecular weight excluding hydrogens is 322 g/mol. The number of amides is 2. The first-order valence-corrected chi connectivity index (χ1v) is 8.16. The minimum Gasteiger partial charge on any atom is -0.495 e. The number of methoxy groups -OCH3 is 1. The lowest BCUT2D eigenvalue weighted by atomic mass is 10.2. The maximum Gasteiger partial charge on any atom is 0.289 e. The van der Waals surface area contributed by atoms with Gasteiger partial charge in [-0.3, -0.25) is 9.59 Å². The highest BCUT2D eigenvalue weighted by atomic mass is 16.5. The molecular formula is C18H21N3O4. The van der Waals surface area contributed by atoms with Crippen LogP contribution in [0.25, 0.3) is 0 Å². The molecule has 0 saturated carbocycles. The summed E-state index contributed by atoms with van der Waals surface area (Å²) < 4.78 is 10.4. The van der Waals surface area contributed by atoms with E-state index in [-0.39, 0.29) is 18.4 Å². The lowest BCUT2D eigenvalue weighted by molar-refractivity contribution is -0.130. The second kappa shape index (κ2) is 7.74. The van der Waals surface area contributed by atoms with E-state index in [1.54, 1.807) is 29.0 Å². The van der Waals surface area contributed by atoms with Crippen molar-refractivity contribution in [2.45, 2.75) is 0 Å². The quantitative estimate of drug-likeness (QED) is 0.894. The Bertz CT molecular complexity index is 722. The third-order valence-corrected chi connectivity index (χ3v) is 4.19. The van der Waals surface area contributed by atoms with Crippen LogP contribution in [0.3, 0.4) is 0 Å². The normalized spacial score (nSPS) is 14.3. The molecule has 2 amide bonds. The number of para-hydroxylation sites is 2. The highest BCUT2D eigenvalue weighted by molar-refractivity contribution is 5.91. The van der Waals surface area contributed by atoms with Crippen LogP contribution in [0.15, 0.2) is 47.1 Å². The van der Waals surface area contributed by atoms with E-state index in [2.05, 4.69) is 5.32 Å². The molecule has 7 heteroatoms. The molecule has 1 aliphatic rings. The summed E-state index contributed by atoms with van der Waals surface area (Å²) in [6, 6.07) is 10.8. The topological polar surface area (TPSA) is 75.0 Å². The second-order valence-electron chi connectivity index (χ2n) is 5.70. The molecule has 1 aromatic heterocycles. The molecule has 7 nitrogen and oxygen atoms in total. The van der Waals surface area contributed by atoms with E-state index in [0.29, 0.717) is 37.7 Å². The predicted molar refractivity (Wildman–Crippen MR) is 92.7 cm³/mol. The van der Waals surface area contributed by atoms with Crippen molar-refractivity contribution in [1.82, 2.24) is 9.80 Å². The average molecular weight is 343 g/mol. The Balaban J connectivity index is 1.49. The first kappa shape index (κ1) is 16.9. The summed E-state index contributed by atoms with van der Waals surface area (Å²) in [5.74, 6) is 0.891. The molecule has 0 unspecified atom stereocenters. The van der Waals surface area contributed by atoms with Crippen LogP contribution in [0.2, 0.25) is 0 Å². The van der Waals surface area contributed by atoms with E-state index in [4.69, 9.17) is 9.15 Å². The Kier molecular flexibility index (Phi) is 5.23. The number of nitrogens with one attached hydrogen (secondary N) is 1. The summed E-state index contributed by atoms with van der Waals surface area (Å²) >= 11 is 0. The number of carbonyl (C=O) groups is 2. The Hall–Kier alpha value is -2.96. The Labute approximate surface area is 146 Å². The molecule has 1 aromatic carbocycles. The number of benzene rings is 1. The summed E-state index contributed by atoms with van der Waals surface area (Å²) in [6.07, 6.45) is 1.48. The molecule has 1 N–H and O–H groups in total. The fourth-order valence-corrected chi connectivity index (χ4v) is 2.79. The first-order valence-electron chi connectivity index (χ1n) is 8.16. The third kappa shape index (κ3) is 3.93. The fourth-order valence-electron chi connectivity index (χ4n) is 2.79. The number of piperazine rings is 1. The van der Waals surface area contributed by atoms with E-state index in [0.717, 1.165) is 5.69 Å². The van der Waals surface area contributed by atoms with Crippen LogP contribution in [-0.2, 0) is 4.79 Å². The van der Waals surface area contributed by atoms with Crippen molar-refractivity contribution in [3.63, 3.8) is 0 Å². The van der Waals surface area contributed by atoms with Gasteiger partial charge in [0.15, 0.2) is 5.76 Å². The van der Waals surface area contributed by atoms with Gasteiger partial charge in [-0.2, -0.15) is 0 Å². The lowest BCUT2D eigenvalue weighted by Crippen LogP contribution is -2.51. The molecule has 0 aliphatic carbocycles. The van der Waals surface area contributed by atoms with Crippen molar-refractivity contribution in [2.75, 3.05) is 45.2 Å². The van der Waals surface area contributed by atoms with E-state index in [1.165, 1.54) is 6.26 Å². The molecule has 0 radical (unpaired) electrons. The Morgan fingerprint density at radius 3 is 2.48 bits per heavy atom. The van der Waals surface area contributed by atoms with Gasteiger partial charge in [0.2, 0.25) is 5.91 Å². The molecule has 3 rings (SSSR count). The van der Waals surface area contributed by atoms with Gasteiger partial charge < -0.3 is 24.3 Å². The summed E-state index contributed by atoms with van der Waals surface area (Å²) in [4.78, 5) is 28.1. The Morgan fingerprint density at radius 2 is 1.80 bits per heavy atom. The number of ether oxygens (including phenoxy) is 1. The minimum absolute atomic E-state index is 0.00370. The number of hydrogen-bond acceptors (Lipinski definition) is 5. The summed E-state index contributed by atoms with van der Waals surface area (Å²) in [7, 11) is 1.59. The van der Waals surface area contributed by atoms with Crippen molar-refractivity contribution in [3.05, 3.63) is 48.4 Å². The standard InChI is InChI=1S/C18H21N3O4/c1-24-15-6-3-2-5-14(15)19-13-17(22)20-8-10-21(11-9-20)18(23)16-7-4-12-25-16/h2-7,12,19H,8-11,13H2,1H3. The zero-order chi connectivity index (χ0) is 17.6. The van der Waals surface area contributed by atoms with Crippen molar-refractivity contribution in [1.29, 1.82) is 0 Å². The van der Waals surface area contributed by atoms with Crippen LogP contribution in [0.5, 0.6) is 5.75 Å². The van der Waals surface area contributed by atoms with E-state index in [9.17, 15) is 9.59 Å². The van der Waals surface area contributed by atoms with Crippen LogP contribution in [0.1, 0.15) is 10.6 Å². The zero-order valence-corrected chi connectivity index (χ0v) is 14.1. The summed E-state index contributed by atoms with van der Waals surface area (Å²) in [6.45, 7) is 2.21. The highest BCUT2D eigenvalue weighted by Crippen LogP contribution is 2.22. The van der Waals surface area contributed by atoms with Gasteiger partial charge in [0.25, 0.3) is 5.91 Å². The minimum atomic E-state index is -0.135. The number of furan rings is 1. The highest BCUT2D eigenvalue weighted by Gasteiger charge is 2.25. The Morgan fingerprint density at radius 1 is 1.08 bits per heavy atom. The van der Waals surface area contributed by atoms with Crippen LogP contribution in [-0.4, -0.2) is 61.4 Å². The van der Waals surface area contributed by atoms with Gasteiger partial charge in [0.1, 0.15) is 5.75 Å². The monoisotopic (exact) mass is 343 g/mol. The maximum absolute atomic E-state index is 12.4.